The fraction of sp³-hybridized carbons (Fsp3) is 1.00. The van der Waals surface area contributed by atoms with Gasteiger partial charge in [0.2, 0.25) is 0 Å². The van der Waals surface area contributed by atoms with Crippen molar-refractivity contribution in [3.05, 3.63) is 0 Å². The van der Waals surface area contributed by atoms with Gasteiger partial charge in [0, 0.05) is 6.54 Å². The van der Waals surface area contributed by atoms with Crippen molar-refractivity contribution in [2.75, 3.05) is 26.2 Å². The lowest BCUT2D eigenvalue weighted by molar-refractivity contribution is -0.176. The zero-order valence-electron chi connectivity index (χ0n) is 13.2. The van der Waals surface area contributed by atoms with Gasteiger partial charge < -0.3 is 14.7 Å². The minimum atomic E-state index is -0.331. The molecule has 0 saturated heterocycles. The summed E-state index contributed by atoms with van der Waals surface area (Å²) in [7, 11) is 0. The minimum absolute atomic E-state index is 0.138. The van der Waals surface area contributed by atoms with Crippen LogP contribution in [0.3, 0.4) is 0 Å². The summed E-state index contributed by atoms with van der Waals surface area (Å²) in [6.07, 6.45) is 7.80. The Morgan fingerprint density at radius 3 is 2.00 bits per heavy atom. The average molecular weight is 281 g/mol. The van der Waals surface area contributed by atoms with Gasteiger partial charge in [-0.3, -0.25) is 0 Å². The maximum Gasteiger partial charge on any atom is 0.0900 e. The van der Waals surface area contributed by atoms with Gasteiger partial charge in [-0.25, -0.2) is 0 Å². The monoisotopic (exact) mass is 281 g/mol. The van der Waals surface area contributed by atoms with E-state index in [1.807, 2.05) is 0 Å². The lowest BCUT2D eigenvalue weighted by Crippen LogP contribution is -2.53. The Hall–Kier alpha value is -0.120. The molecule has 1 atom stereocenters. The van der Waals surface area contributed by atoms with E-state index in [1.54, 1.807) is 0 Å². The topological polar surface area (TPSA) is 32.7 Å². The molecule has 0 amide bonds. The first-order chi connectivity index (χ1) is 9.62. The normalized spacial score (nSPS) is 40.5. The van der Waals surface area contributed by atoms with Gasteiger partial charge in [-0.05, 0) is 69.4 Å². The molecule has 3 nitrogen and oxygen atoms in total. The first-order valence-corrected chi connectivity index (χ1v) is 8.67. The molecule has 0 spiro atoms. The molecule has 0 radical (unpaired) electrons. The van der Waals surface area contributed by atoms with Gasteiger partial charge in [0.05, 0.1) is 18.3 Å². The lowest BCUT2D eigenvalue weighted by Gasteiger charge is -2.56. The summed E-state index contributed by atoms with van der Waals surface area (Å²) >= 11 is 0. The van der Waals surface area contributed by atoms with Gasteiger partial charge in [0.25, 0.3) is 0 Å². The first-order valence-electron chi connectivity index (χ1n) is 8.67. The summed E-state index contributed by atoms with van der Waals surface area (Å²) in [4.78, 5) is 2.27. The van der Waals surface area contributed by atoms with Crippen molar-refractivity contribution in [3.63, 3.8) is 0 Å². The van der Waals surface area contributed by atoms with Crippen molar-refractivity contribution in [1.82, 2.24) is 4.90 Å². The second-order valence-electron chi connectivity index (χ2n) is 7.55. The van der Waals surface area contributed by atoms with E-state index in [9.17, 15) is 5.11 Å². The molecule has 1 N–H and O–H groups in total. The number of aliphatic hydroxyl groups excluding tert-OH is 1. The van der Waals surface area contributed by atoms with E-state index in [2.05, 4.69) is 18.7 Å². The van der Waals surface area contributed by atoms with Crippen LogP contribution in [0.2, 0.25) is 0 Å². The van der Waals surface area contributed by atoms with E-state index in [-0.39, 0.29) is 11.7 Å². The molecule has 4 saturated carbocycles. The summed E-state index contributed by atoms with van der Waals surface area (Å²) in [6.45, 7) is 7.59. The van der Waals surface area contributed by atoms with Crippen LogP contribution in [0.5, 0.6) is 0 Å². The molecule has 3 heteroatoms. The summed E-state index contributed by atoms with van der Waals surface area (Å²) in [6, 6.07) is 0. The number of rotatable bonds is 7. The third-order valence-electron chi connectivity index (χ3n) is 5.93. The van der Waals surface area contributed by atoms with Gasteiger partial charge >= 0.3 is 0 Å². The molecule has 0 aromatic rings. The van der Waals surface area contributed by atoms with E-state index in [4.69, 9.17) is 4.74 Å². The Balaban J connectivity index is 1.50. The minimum Gasteiger partial charge on any atom is -0.389 e. The molecule has 4 fully saturated rings. The van der Waals surface area contributed by atoms with E-state index in [0.29, 0.717) is 6.61 Å². The van der Waals surface area contributed by atoms with Crippen LogP contribution in [0.25, 0.3) is 0 Å². The molecule has 0 unspecified atom stereocenters. The van der Waals surface area contributed by atoms with Crippen molar-refractivity contribution in [2.45, 2.75) is 64.1 Å². The highest BCUT2D eigenvalue weighted by Gasteiger charge is 2.51. The second kappa shape index (κ2) is 5.94. The highest BCUT2D eigenvalue weighted by Crippen LogP contribution is 2.57. The van der Waals surface area contributed by atoms with Gasteiger partial charge in [-0.15, -0.1) is 0 Å². The highest BCUT2D eigenvalue weighted by atomic mass is 16.5. The SMILES string of the molecule is CCN(CC)C[C@@H](O)COC12CC3CC(CC(C3)C1)C2. The zero-order chi connectivity index (χ0) is 14.2. The maximum atomic E-state index is 10.2. The first kappa shape index (κ1) is 14.8. The summed E-state index contributed by atoms with van der Waals surface area (Å²) in [5.41, 5.74) is 0.138. The van der Waals surface area contributed by atoms with Crippen LogP contribution in [0.1, 0.15) is 52.4 Å². The van der Waals surface area contributed by atoms with Crippen LogP contribution >= 0.6 is 0 Å². The molecule has 0 aromatic carbocycles. The number of hydrogen-bond acceptors (Lipinski definition) is 3. The molecule has 116 valence electrons. The van der Waals surface area contributed by atoms with Crippen molar-refractivity contribution in [3.8, 4) is 0 Å². The van der Waals surface area contributed by atoms with Crippen molar-refractivity contribution >= 4 is 0 Å². The Labute approximate surface area is 123 Å². The average Bonchev–Trinajstić information content (AvgIpc) is 2.41. The molecule has 20 heavy (non-hydrogen) atoms. The molecule has 0 aliphatic heterocycles. The molecule has 0 heterocycles. The summed E-state index contributed by atoms with van der Waals surface area (Å²) in [5, 5.41) is 10.2. The third-order valence-corrected chi connectivity index (χ3v) is 5.93. The fourth-order valence-corrected chi connectivity index (χ4v) is 5.31. The van der Waals surface area contributed by atoms with Crippen LogP contribution in [-0.2, 0) is 4.74 Å². The number of ether oxygens (including phenoxy) is 1. The van der Waals surface area contributed by atoms with Crippen molar-refractivity contribution in [1.29, 1.82) is 0 Å². The summed E-state index contributed by atoms with van der Waals surface area (Å²) < 4.78 is 6.32. The Bertz CT molecular complexity index is 292. The van der Waals surface area contributed by atoms with Gasteiger partial charge in [0.1, 0.15) is 0 Å². The predicted molar refractivity (Wildman–Crippen MR) is 80.6 cm³/mol. The van der Waals surface area contributed by atoms with E-state index in [0.717, 1.165) is 37.4 Å². The fourth-order valence-electron chi connectivity index (χ4n) is 5.31. The highest BCUT2D eigenvalue weighted by molar-refractivity contribution is 5.03. The number of likely N-dealkylation sites (N-methyl/N-ethyl adjacent to an activating group) is 1. The molecule has 4 bridgehead atoms. The van der Waals surface area contributed by atoms with Gasteiger partial charge in [-0.1, -0.05) is 13.8 Å². The lowest BCUT2D eigenvalue weighted by atomic mass is 9.54. The molecule has 4 rings (SSSR count). The van der Waals surface area contributed by atoms with Crippen LogP contribution in [-0.4, -0.2) is 48.0 Å². The standard InChI is InChI=1S/C17H31NO2/c1-3-18(4-2)11-16(19)12-20-17-8-13-5-14(9-17)7-15(6-13)10-17/h13-16,19H,3-12H2,1-2H3/t13?,14?,15?,16-,17?/m1/s1. The molecular formula is C17H31NO2. The Morgan fingerprint density at radius 2 is 1.55 bits per heavy atom. The number of aliphatic hydroxyl groups is 1. The van der Waals surface area contributed by atoms with Crippen molar-refractivity contribution in [2.24, 2.45) is 17.8 Å². The van der Waals surface area contributed by atoms with Crippen LogP contribution < -0.4 is 0 Å². The molecular weight excluding hydrogens is 250 g/mol. The Morgan fingerprint density at radius 1 is 1.05 bits per heavy atom. The van der Waals surface area contributed by atoms with Crippen LogP contribution in [0, 0.1) is 17.8 Å². The third kappa shape index (κ3) is 3.05. The van der Waals surface area contributed by atoms with Crippen LogP contribution in [0.15, 0.2) is 0 Å². The largest absolute Gasteiger partial charge is 0.389 e. The van der Waals surface area contributed by atoms with E-state index >= 15 is 0 Å². The second-order valence-corrected chi connectivity index (χ2v) is 7.55. The molecule has 0 aromatic heterocycles. The van der Waals surface area contributed by atoms with Gasteiger partial charge in [-0.2, -0.15) is 0 Å². The number of hydrogen-bond donors (Lipinski definition) is 1. The van der Waals surface area contributed by atoms with Crippen LogP contribution in [0.4, 0.5) is 0 Å². The van der Waals surface area contributed by atoms with Crippen molar-refractivity contribution < 1.29 is 9.84 Å². The zero-order valence-corrected chi connectivity index (χ0v) is 13.2. The van der Waals surface area contributed by atoms with E-state index in [1.165, 1.54) is 38.5 Å². The maximum absolute atomic E-state index is 10.2. The molecule has 4 aliphatic carbocycles. The smallest absolute Gasteiger partial charge is 0.0900 e. The number of nitrogens with zero attached hydrogens (tertiary/aromatic N) is 1. The Kier molecular flexibility index (Phi) is 4.40. The molecule has 4 aliphatic rings. The summed E-state index contributed by atoms with van der Waals surface area (Å²) in [5.74, 6) is 2.75. The quantitative estimate of drug-likeness (QED) is 0.779. The predicted octanol–water partition coefficient (Wildman–Crippen LogP) is 2.67. The van der Waals surface area contributed by atoms with Gasteiger partial charge in [0.15, 0.2) is 0 Å². The van der Waals surface area contributed by atoms with E-state index < -0.39 is 0 Å².